The number of carbonyl (C=O) groups excluding carboxylic acids is 2. The van der Waals surface area contributed by atoms with Crippen LogP contribution >= 0.6 is 27.7 Å². The molecule has 2 rings (SSSR count). The van der Waals surface area contributed by atoms with E-state index in [1.165, 1.54) is 0 Å². The van der Waals surface area contributed by atoms with Gasteiger partial charge in [0, 0.05) is 15.1 Å². The number of halogens is 1. The zero-order valence-corrected chi connectivity index (χ0v) is 15.1. The minimum Gasteiger partial charge on any atom is -0.449 e. The fourth-order valence-corrected chi connectivity index (χ4v) is 2.63. The third-order valence-corrected chi connectivity index (χ3v) is 4.31. The summed E-state index contributed by atoms with van der Waals surface area (Å²) in [7, 11) is 0. The fourth-order valence-electron chi connectivity index (χ4n) is 1.82. The number of hydrogen-bond donors (Lipinski definition) is 1. The normalized spacial score (nSPS) is 11.6. The maximum atomic E-state index is 12.1. The van der Waals surface area contributed by atoms with Crippen LogP contribution in [0, 0.1) is 0 Å². The van der Waals surface area contributed by atoms with Gasteiger partial charge in [0.15, 0.2) is 6.10 Å². The van der Waals surface area contributed by atoms with Crippen molar-refractivity contribution in [2.75, 3.05) is 11.6 Å². The molecule has 1 amide bonds. The van der Waals surface area contributed by atoms with Crippen LogP contribution in [0.5, 0.6) is 0 Å². The molecule has 0 saturated carbocycles. The van der Waals surface area contributed by atoms with Crippen molar-refractivity contribution in [1.29, 1.82) is 0 Å². The average molecular weight is 394 g/mol. The molecule has 4 nitrogen and oxygen atoms in total. The topological polar surface area (TPSA) is 55.4 Å². The molecule has 0 heterocycles. The number of thioether (sulfide) groups is 1. The number of rotatable bonds is 5. The molecule has 0 bridgehead atoms. The molecular formula is C17H16BrNO3S. The van der Waals surface area contributed by atoms with Crippen LogP contribution < -0.4 is 5.32 Å². The van der Waals surface area contributed by atoms with Gasteiger partial charge in [-0.2, -0.15) is 0 Å². The molecule has 1 N–H and O–H groups in total. The summed E-state index contributed by atoms with van der Waals surface area (Å²) in [6.07, 6.45) is 1.07. The van der Waals surface area contributed by atoms with Crippen LogP contribution in [0.4, 0.5) is 5.69 Å². The maximum Gasteiger partial charge on any atom is 0.338 e. The molecule has 0 radical (unpaired) electrons. The number of amides is 1. The Kier molecular flexibility index (Phi) is 6.24. The van der Waals surface area contributed by atoms with E-state index in [-0.39, 0.29) is 5.91 Å². The van der Waals surface area contributed by atoms with E-state index >= 15 is 0 Å². The van der Waals surface area contributed by atoms with Crippen LogP contribution in [0.1, 0.15) is 17.3 Å². The van der Waals surface area contributed by atoms with Crippen LogP contribution in [0.25, 0.3) is 0 Å². The van der Waals surface area contributed by atoms with Gasteiger partial charge in [-0.1, -0.05) is 22.0 Å². The van der Waals surface area contributed by atoms with E-state index in [2.05, 4.69) is 21.2 Å². The van der Waals surface area contributed by atoms with Crippen molar-refractivity contribution in [2.24, 2.45) is 0 Å². The van der Waals surface area contributed by atoms with Crippen molar-refractivity contribution in [3.8, 4) is 0 Å². The molecule has 0 aliphatic rings. The Morgan fingerprint density at radius 1 is 1.17 bits per heavy atom. The van der Waals surface area contributed by atoms with Gasteiger partial charge in [0.25, 0.3) is 5.91 Å². The molecule has 0 fully saturated rings. The minimum absolute atomic E-state index is 0.378. The van der Waals surface area contributed by atoms with E-state index in [0.717, 1.165) is 9.37 Å². The van der Waals surface area contributed by atoms with Crippen LogP contribution in [-0.2, 0) is 9.53 Å². The second-order valence-corrected chi connectivity index (χ2v) is 6.57. The van der Waals surface area contributed by atoms with Crippen molar-refractivity contribution in [3.05, 3.63) is 58.6 Å². The Morgan fingerprint density at radius 3 is 2.48 bits per heavy atom. The Balaban J connectivity index is 1.95. The highest BCUT2D eigenvalue weighted by Crippen LogP contribution is 2.17. The number of anilines is 1. The molecule has 0 spiro atoms. The average Bonchev–Trinajstić information content (AvgIpc) is 2.54. The van der Waals surface area contributed by atoms with Crippen molar-refractivity contribution in [3.63, 3.8) is 0 Å². The summed E-state index contributed by atoms with van der Waals surface area (Å²) >= 11 is 4.92. The largest absolute Gasteiger partial charge is 0.449 e. The predicted octanol–water partition coefficient (Wildman–Crippen LogP) is 4.36. The molecule has 0 aromatic heterocycles. The van der Waals surface area contributed by atoms with Gasteiger partial charge in [-0.15, -0.1) is 11.8 Å². The van der Waals surface area contributed by atoms with Gasteiger partial charge in [0.05, 0.1) is 5.56 Å². The second kappa shape index (κ2) is 8.17. The molecular weight excluding hydrogens is 378 g/mol. The lowest BCUT2D eigenvalue weighted by Gasteiger charge is -2.14. The molecule has 120 valence electrons. The van der Waals surface area contributed by atoms with Gasteiger partial charge in [0.2, 0.25) is 0 Å². The lowest BCUT2D eigenvalue weighted by atomic mass is 10.2. The zero-order valence-electron chi connectivity index (χ0n) is 12.7. The lowest BCUT2D eigenvalue weighted by molar-refractivity contribution is -0.123. The van der Waals surface area contributed by atoms with Crippen LogP contribution in [0.15, 0.2) is 57.9 Å². The fraction of sp³-hybridized carbons (Fsp3) is 0.176. The van der Waals surface area contributed by atoms with Crippen LogP contribution in [-0.4, -0.2) is 24.2 Å². The van der Waals surface area contributed by atoms with Gasteiger partial charge in [-0.25, -0.2) is 4.79 Å². The first-order valence-electron chi connectivity index (χ1n) is 6.91. The number of ether oxygens (including phenoxy) is 1. The summed E-state index contributed by atoms with van der Waals surface area (Å²) < 4.78 is 6.06. The van der Waals surface area contributed by atoms with Crippen molar-refractivity contribution in [2.45, 2.75) is 17.9 Å². The Morgan fingerprint density at radius 2 is 1.87 bits per heavy atom. The lowest BCUT2D eigenvalue weighted by Crippen LogP contribution is -2.30. The summed E-state index contributed by atoms with van der Waals surface area (Å²) in [5.41, 5.74) is 1.06. The predicted molar refractivity (Wildman–Crippen MR) is 95.9 cm³/mol. The van der Waals surface area contributed by atoms with Gasteiger partial charge in [-0.05, 0) is 55.6 Å². The van der Waals surface area contributed by atoms with E-state index < -0.39 is 12.1 Å². The van der Waals surface area contributed by atoms with Crippen molar-refractivity contribution >= 4 is 45.3 Å². The van der Waals surface area contributed by atoms with E-state index in [1.807, 2.05) is 30.5 Å². The van der Waals surface area contributed by atoms with Gasteiger partial charge >= 0.3 is 5.97 Å². The molecule has 1 atom stereocenters. The monoisotopic (exact) mass is 393 g/mol. The van der Waals surface area contributed by atoms with E-state index in [9.17, 15) is 9.59 Å². The number of carbonyl (C=O) groups is 2. The summed E-state index contributed by atoms with van der Waals surface area (Å²) in [4.78, 5) is 25.2. The molecule has 0 unspecified atom stereocenters. The van der Waals surface area contributed by atoms with Crippen molar-refractivity contribution < 1.29 is 14.3 Å². The minimum atomic E-state index is -0.887. The van der Waals surface area contributed by atoms with Gasteiger partial charge in [0.1, 0.15) is 0 Å². The number of esters is 1. The smallest absolute Gasteiger partial charge is 0.338 e. The number of benzene rings is 2. The van der Waals surface area contributed by atoms with Gasteiger partial charge < -0.3 is 10.1 Å². The highest BCUT2D eigenvalue weighted by atomic mass is 79.9. The molecule has 0 aliphatic heterocycles. The first kappa shape index (κ1) is 17.6. The first-order chi connectivity index (χ1) is 11.0. The number of nitrogens with one attached hydrogen (secondary N) is 1. The summed E-state index contributed by atoms with van der Waals surface area (Å²) in [6, 6.07) is 14.3. The third kappa shape index (κ3) is 5.11. The Bertz CT molecular complexity index is 703. The molecule has 0 saturated heterocycles. The summed E-state index contributed by atoms with van der Waals surface area (Å²) in [6.45, 7) is 1.54. The maximum absolute atomic E-state index is 12.1. The van der Waals surface area contributed by atoms with Crippen LogP contribution in [0.2, 0.25) is 0 Å². The van der Waals surface area contributed by atoms with E-state index in [0.29, 0.717) is 11.3 Å². The quantitative estimate of drug-likeness (QED) is 0.605. The highest BCUT2D eigenvalue weighted by molar-refractivity contribution is 9.10. The SMILES string of the molecule is CSc1ccc(C(=O)O[C@@H](C)C(=O)Nc2cccc(Br)c2)cc1. The molecule has 2 aromatic carbocycles. The van der Waals surface area contributed by atoms with Gasteiger partial charge in [-0.3, -0.25) is 4.79 Å². The standard InChI is InChI=1S/C17H16BrNO3S/c1-11(16(20)19-14-5-3-4-13(18)10-14)22-17(21)12-6-8-15(23-2)9-7-12/h3-11H,1-2H3,(H,19,20)/t11-/m0/s1. The second-order valence-electron chi connectivity index (χ2n) is 4.78. The molecule has 6 heteroatoms. The Labute approximate surface area is 147 Å². The van der Waals surface area contributed by atoms with Crippen molar-refractivity contribution in [1.82, 2.24) is 0 Å². The third-order valence-electron chi connectivity index (χ3n) is 3.07. The highest BCUT2D eigenvalue weighted by Gasteiger charge is 2.19. The summed E-state index contributed by atoms with van der Waals surface area (Å²) in [5, 5.41) is 2.71. The van der Waals surface area contributed by atoms with E-state index in [1.54, 1.807) is 43.0 Å². The first-order valence-corrected chi connectivity index (χ1v) is 8.93. The zero-order chi connectivity index (χ0) is 16.8. The number of hydrogen-bond acceptors (Lipinski definition) is 4. The summed E-state index contributed by atoms with van der Waals surface area (Å²) in [5.74, 6) is -0.897. The Hall–Kier alpha value is -1.79. The molecule has 23 heavy (non-hydrogen) atoms. The van der Waals surface area contributed by atoms with E-state index in [4.69, 9.17) is 4.74 Å². The van der Waals surface area contributed by atoms with Crippen LogP contribution in [0.3, 0.4) is 0 Å². The molecule has 0 aliphatic carbocycles. The molecule has 2 aromatic rings.